The lowest BCUT2D eigenvalue weighted by atomic mass is 9.93. The molecule has 11 aromatic rings. The van der Waals surface area contributed by atoms with Gasteiger partial charge in [-0.05, 0) is 99.6 Å². The predicted molar refractivity (Wildman–Crippen MR) is 237 cm³/mol. The van der Waals surface area contributed by atoms with Crippen molar-refractivity contribution in [3.63, 3.8) is 0 Å². The van der Waals surface area contributed by atoms with Gasteiger partial charge in [-0.3, -0.25) is 0 Å². The molecule has 0 saturated carbocycles. The van der Waals surface area contributed by atoms with Crippen LogP contribution in [0.15, 0.2) is 221 Å². The highest BCUT2D eigenvalue weighted by Gasteiger charge is 2.18. The van der Waals surface area contributed by atoms with Gasteiger partial charge < -0.3 is 13.7 Å². The van der Waals surface area contributed by atoms with E-state index < -0.39 is 0 Å². The van der Waals surface area contributed by atoms with E-state index in [1.807, 2.05) is 24.3 Å². The summed E-state index contributed by atoms with van der Waals surface area (Å²) >= 11 is 0. The molecule has 0 radical (unpaired) electrons. The molecular weight excluding hydrogens is 695 g/mol. The van der Waals surface area contributed by atoms with Crippen LogP contribution in [0.2, 0.25) is 0 Å². The molecule has 0 fully saturated rings. The van der Waals surface area contributed by atoms with Crippen LogP contribution in [0.1, 0.15) is 0 Å². The molecule has 0 spiro atoms. The molecular formula is C54H35NO2. The van der Waals surface area contributed by atoms with Gasteiger partial charge in [-0.2, -0.15) is 0 Å². The van der Waals surface area contributed by atoms with Crippen LogP contribution >= 0.6 is 0 Å². The monoisotopic (exact) mass is 729 g/mol. The Morgan fingerprint density at radius 1 is 0.263 bits per heavy atom. The van der Waals surface area contributed by atoms with Gasteiger partial charge in [0.25, 0.3) is 0 Å². The zero-order chi connectivity index (χ0) is 37.7. The Balaban J connectivity index is 0.993. The quantitative estimate of drug-likeness (QED) is 0.164. The van der Waals surface area contributed by atoms with E-state index in [1.54, 1.807) is 0 Å². The second kappa shape index (κ2) is 13.6. The van der Waals surface area contributed by atoms with Crippen molar-refractivity contribution in [2.75, 3.05) is 4.90 Å². The van der Waals surface area contributed by atoms with Gasteiger partial charge in [0, 0.05) is 44.2 Å². The first kappa shape index (κ1) is 32.8. The summed E-state index contributed by atoms with van der Waals surface area (Å²) < 4.78 is 12.6. The van der Waals surface area contributed by atoms with Gasteiger partial charge in [0.2, 0.25) is 0 Å². The van der Waals surface area contributed by atoms with Crippen molar-refractivity contribution in [2.45, 2.75) is 0 Å². The second-order valence-electron chi connectivity index (χ2n) is 14.5. The Morgan fingerprint density at radius 2 is 0.772 bits per heavy atom. The maximum atomic E-state index is 6.48. The van der Waals surface area contributed by atoms with Crippen LogP contribution in [-0.2, 0) is 0 Å². The first-order valence-electron chi connectivity index (χ1n) is 19.3. The van der Waals surface area contributed by atoms with Crippen molar-refractivity contribution in [3.8, 4) is 44.5 Å². The number of anilines is 3. The first-order chi connectivity index (χ1) is 28.2. The minimum absolute atomic E-state index is 0.902. The number of hydrogen-bond donors (Lipinski definition) is 0. The number of furan rings is 2. The van der Waals surface area contributed by atoms with Crippen LogP contribution < -0.4 is 4.90 Å². The highest BCUT2D eigenvalue weighted by Crippen LogP contribution is 2.42. The van der Waals surface area contributed by atoms with Crippen LogP contribution in [0.5, 0.6) is 0 Å². The molecule has 0 N–H and O–H groups in total. The molecule has 268 valence electrons. The summed E-state index contributed by atoms with van der Waals surface area (Å²) in [6.45, 7) is 0. The molecule has 0 aliphatic carbocycles. The van der Waals surface area contributed by atoms with E-state index in [-0.39, 0.29) is 0 Å². The molecule has 0 unspecified atom stereocenters. The SMILES string of the molecule is c1ccc(-c2cccc(N(c3ccc(-c4ccc5oc6ccccc6c5c4)cc3)c3ccc(-c4ccccc4-c4cccc5c4oc4ccccc45)cc3)c2)cc1. The zero-order valence-corrected chi connectivity index (χ0v) is 31.0. The molecule has 11 rings (SSSR count). The summed E-state index contributed by atoms with van der Waals surface area (Å²) in [4.78, 5) is 2.34. The predicted octanol–water partition coefficient (Wildman–Crippen LogP) is 15.6. The van der Waals surface area contributed by atoms with E-state index in [0.717, 1.165) is 94.3 Å². The van der Waals surface area contributed by atoms with Crippen molar-refractivity contribution in [1.82, 2.24) is 0 Å². The summed E-state index contributed by atoms with van der Waals surface area (Å²) in [6, 6.07) is 75.2. The number of benzene rings is 9. The number of fused-ring (bicyclic) bond motifs is 6. The lowest BCUT2D eigenvalue weighted by Gasteiger charge is -2.26. The number of nitrogens with zero attached hydrogens (tertiary/aromatic N) is 1. The molecule has 0 bridgehead atoms. The van der Waals surface area contributed by atoms with Crippen molar-refractivity contribution < 1.29 is 8.83 Å². The van der Waals surface area contributed by atoms with Crippen LogP contribution in [0, 0.1) is 0 Å². The maximum Gasteiger partial charge on any atom is 0.143 e. The van der Waals surface area contributed by atoms with Gasteiger partial charge in [-0.25, -0.2) is 0 Å². The Morgan fingerprint density at radius 3 is 1.54 bits per heavy atom. The Bertz CT molecular complexity index is 3230. The summed E-state index contributed by atoms with van der Waals surface area (Å²) in [7, 11) is 0. The fraction of sp³-hybridized carbons (Fsp3) is 0. The van der Waals surface area contributed by atoms with Gasteiger partial charge in [0.15, 0.2) is 0 Å². The number of rotatable bonds is 7. The molecule has 2 aromatic heterocycles. The van der Waals surface area contributed by atoms with E-state index in [0.29, 0.717) is 0 Å². The van der Waals surface area contributed by atoms with Crippen molar-refractivity contribution in [2.24, 2.45) is 0 Å². The summed E-state index contributed by atoms with van der Waals surface area (Å²) in [5.41, 5.74) is 16.0. The maximum absolute atomic E-state index is 6.48. The zero-order valence-electron chi connectivity index (χ0n) is 31.0. The molecule has 0 amide bonds. The number of hydrogen-bond acceptors (Lipinski definition) is 3. The third kappa shape index (κ3) is 5.76. The van der Waals surface area contributed by atoms with E-state index in [4.69, 9.17) is 8.83 Å². The van der Waals surface area contributed by atoms with E-state index in [2.05, 4.69) is 193 Å². The second-order valence-corrected chi connectivity index (χ2v) is 14.5. The topological polar surface area (TPSA) is 29.5 Å². The standard InChI is InChI=1S/C54H35NO2/c1-2-12-36(13-3-1)39-14-10-15-43(34-39)55(41-29-24-37(25-30-41)40-28-33-53-50(35-40)47-19-7-8-22-51(47)56-53)42-31-26-38(27-32-42)44-16-4-5-17-45(44)48-20-11-21-49-46-18-6-9-23-52(46)57-54(48)49/h1-35H. The van der Waals surface area contributed by atoms with E-state index in [9.17, 15) is 0 Å². The normalized spacial score (nSPS) is 11.5. The summed E-state index contributed by atoms with van der Waals surface area (Å²) in [6.07, 6.45) is 0. The molecule has 57 heavy (non-hydrogen) atoms. The molecule has 2 heterocycles. The van der Waals surface area contributed by atoms with E-state index >= 15 is 0 Å². The van der Waals surface area contributed by atoms with Crippen LogP contribution in [-0.4, -0.2) is 0 Å². The third-order valence-electron chi connectivity index (χ3n) is 11.1. The minimum atomic E-state index is 0.902. The van der Waals surface area contributed by atoms with Gasteiger partial charge in [0.1, 0.15) is 22.3 Å². The average molecular weight is 730 g/mol. The largest absolute Gasteiger partial charge is 0.456 e. The molecule has 9 aromatic carbocycles. The average Bonchev–Trinajstić information content (AvgIpc) is 3.86. The Labute approximate surface area is 330 Å². The van der Waals surface area contributed by atoms with Gasteiger partial charge in [0.05, 0.1) is 0 Å². The van der Waals surface area contributed by atoms with Crippen molar-refractivity contribution >= 4 is 60.9 Å². The fourth-order valence-electron chi connectivity index (χ4n) is 8.33. The molecule has 0 saturated heterocycles. The Hall–Kier alpha value is -7.62. The third-order valence-corrected chi connectivity index (χ3v) is 11.1. The lowest BCUT2D eigenvalue weighted by Crippen LogP contribution is -2.10. The Kier molecular flexibility index (Phi) is 7.82. The smallest absolute Gasteiger partial charge is 0.143 e. The number of para-hydroxylation sites is 3. The minimum Gasteiger partial charge on any atom is -0.456 e. The van der Waals surface area contributed by atoms with Crippen LogP contribution in [0.4, 0.5) is 17.1 Å². The molecule has 3 heteroatoms. The van der Waals surface area contributed by atoms with Crippen LogP contribution in [0.25, 0.3) is 88.4 Å². The van der Waals surface area contributed by atoms with Gasteiger partial charge in [-0.15, -0.1) is 0 Å². The fourth-order valence-corrected chi connectivity index (χ4v) is 8.33. The molecule has 0 aliphatic heterocycles. The first-order valence-corrected chi connectivity index (χ1v) is 19.3. The highest BCUT2D eigenvalue weighted by atomic mass is 16.3. The molecule has 3 nitrogen and oxygen atoms in total. The highest BCUT2D eigenvalue weighted by molar-refractivity contribution is 6.10. The summed E-state index contributed by atoms with van der Waals surface area (Å²) in [5, 5.41) is 4.52. The summed E-state index contributed by atoms with van der Waals surface area (Å²) in [5.74, 6) is 0. The van der Waals surface area contributed by atoms with Crippen LogP contribution in [0.3, 0.4) is 0 Å². The molecule has 0 atom stereocenters. The molecule has 0 aliphatic rings. The van der Waals surface area contributed by atoms with Crippen molar-refractivity contribution in [1.29, 1.82) is 0 Å². The lowest BCUT2D eigenvalue weighted by molar-refractivity contribution is 0.669. The van der Waals surface area contributed by atoms with Crippen molar-refractivity contribution in [3.05, 3.63) is 212 Å². The van der Waals surface area contributed by atoms with E-state index in [1.165, 1.54) is 11.1 Å². The van der Waals surface area contributed by atoms with Gasteiger partial charge in [-0.1, -0.05) is 152 Å². The van der Waals surface area contributed by atoms with Gasteiger partial charge >= 0.3 is 0 Å².